The number of hydrogen-bond donors (Lipinski definition) is 0. The van der Waals surface area contributed by atoms with Gasteiger partial charge in [0.15, 0.2) is 4.34 Å². The standard InChI is InChI=1S/C23H16N2O2S2/c26-21-14-20(29-23-24-18-8-4-5-9-19(18)28-23)22(27)25(21)17-12-10-16(11-13-17)15-6-2-1-3-7-15/h1-13,20H,14H2/t20-/m1/s1. The molecule has 4 nitrogen and oxygen atoms in total. The summed E-state index contributed by atoms with van der Waals surface area (Å²) in [7, 11) is 0. The SMILES string of the molecule is O=C1C[C@@H](Sc2nc3ccccc3s2)C(=O)N1c1ccc(-c2ccccc2)cc1. The molecule has 0 bridgehead atoms. The third kappa shape index (κ3) is 3.45. The number of anilines is 1. The van der Waals surface area contributed by atoms with Crippen LogP contribution in [0.1, 0.15) is 6.42 Å². The van der Waals surface area contributed by atoms with Crippen molar-refractivity contribution in [2.45, 2.75) is 16.0 Å². The quantitative estimate of drug-likeness (QED) is 0.419. The number of hydrogen-bond acceptors (Lipinski definition) is 5. The zero-order valence-corrected chi connectivity index (χ0v) is 17.0. The Hall–Kier alpha value is -2.96. The molecule has 6 heteroatoms. The number of para-hydroxylation sites is 1. The van der Waals surface area contributed by atoms with Gasteiger partial charge in [0.1, 0.15) is 5.25 Å². The highest BCUT2D eigenvalue weighted by Crippen LogP contribution is 2.37. The molecule has 1 aliphatic rings. The van der Waals surface area contributed by atoms with Crippen molar-refractivity contribution >= 4 is 50.8 Å². The van der Waals surface area contributed by atoms with E-state index < -0.39 is 5.25 Å². The Balaban J connectivity index is 1.36. The van der Waals surface area contributed by atoms with E-state index in [1.54, 1.807) is 11.3 Å². The van der Waals surface area contributed by atoms with Crippen LogP contribution in [0.15, 0.2) is 83.2 Å². The van der Waals surface area contributed by atoms with E-state index in [1.165, 1.54) is 16.7 Å². The van der Waals surface area contributed by atoms with Gasteiger partial charge in [-0.15, -0.1) is 11.3 Å². The lowest BCUT2D eigenvalue weighted by Gasteiger charge is -2.15. The topological polar surface area (TPSA) is 50.3 Å². The minimum absolute atomic E-state index is 0.166. The molecule has 1 aromatic heterocycles. The van der Waals surface area contributed by atoms with Gasteiger partial charge in [0.05, 0.1) is 15.9 Å². The molecule has 1 aliphatic heterocycles. The summed E-state index contributed by atoms with van der Waals surface area (Å²) in [5.41, 5.74) is 3.69. The Morgan fingerprint density at radius 1 is 0.862 bits per heavy atom. The highest BCUT2D eigenvalue weighted by Gasteiger charge is 2.40. The summed E-state index contributed by atoms with van der Waals surface area (Å²) in [6.45, 7) is 0. The monoisotopic (exact) mass is 416 g/mol. The fraction of sp³-hybridized carbons (Fsp3) is 0.0870. The molecule has 1 atom stereocenters. The van der Waals surface area contributed by atoms with Crippen LogP contribution in [-0.4, -0.2) is 22.0 Å². The van der Waals surface area contributed by atoms with E-state index in [1.807, 2.05) is 78.9 Å². The van der Waals surface area contributed by atoms with Gasteiger partial charge in [-0.05, 0) is 35.4 Å². The van der Waals surface area contributed by atoms with Crippen molar-refractivity contribution in [3.05, 3.63) is 78.9 Å². The van der Waals surface area contributed by atoms with Crippen molar-refractivity contribution in [1.82, 2.24) is 4.98 Å². The number of fused-ring (bicyclic) bond motifs is 1. The van der Waals surface area contributed by atoms with Crippen LogP contribution in [0.2, 0.25) is 0 Å². The van der Waals surface area contributed by atoms with E-state index in [2.05, 4.69) is 4.98 Å². The van der Waals surface area contributed by atoms with Crippen molar-refractivity contribution in [3.63, 3.8) is 0 Å². The lowest BCUT2D eigenvalue weighted by atomic mass is 10.1. The molecule has 0 spiro atoms. The molecule has 0 radical (unpaired) electrons. The molecule has 29 heavy (non-hydrogen) atoms. The maximum absolute atomic E-state index is 13.0. The average Bonchev–Trinajstić information content (AvgIpc) is 3.28. The molecule has 142 valence electrons. The molecule has 1 saturated heterocycles. The number of carbonyl (C=O) groups is 2. The average molecular weight is 417 g/mol. The highest BCUT2D eigenvalue weighted by atomic mass is 32.2. The van der Waals surface area contributed by atoms with Crippen molar-refractivity contribution in [3.8, 4) is 11.1 Å². The van der Waals surface area contributed by atoms with Crippen LogP contribution in [0, 0.1) is 0 Å². The first-order valence-electron chi connectivity index (χ1n) is 9.23. The first-order valence-corrected chi connectivity index (χ1v) is 10.9. The second-order valence-corrected chi connectivity index (χ2v) is 9.22. The van der Waals surface area contributed by atoms with Gasteiger partial charge in [-0.1, -0.05) is 66.4 Å². The second kappa shape index (κ2) is 7.46. The van der Waals surface area contributed by atoms with Gasteiger partial charge in [0.2, 0.25) is 11.8 Å². The molecule has 3 aromatic carbocycles. The fourth-order valence-electron chi connectivity index (χ4n) is 3.42. The lowest BCUT2D eigenvalue weighted by Crippen LogP contribution is -2.31. The van der Waals surface area contributed by atoms with E-state index in [4.69, 9.17) is 0 Å². The fourth-order valence-corrected chi connectivity index (χ4v) is 5.76. The molecule has 1 fully saturated rings. The van der Waals surface area contributed by atoms with Crippen LogP contribution in [-0.2, 0) is 9.59 Å². The number of nitrogens with zero attached hydrogens (tertiary/aromatic N) is 2. The summed E-state index contributed by atoms with van der Waals surface area (Å²) in [5, 5.41) is -0.433. The Morgan fingerprint density at radius 3 is 2.31 bits per heavy atom. The van der Waals surface area contributed by atoms with Gasteiger partial charge < -0.3 is 0 Å². The van der Waals surface area contributed by atoms with Gasteiger partial charge in [-0.25, -0.2) is 9.88 Å². The Kier molecular flexibility index (Phi) is 4.66. The predicted octanol–water partition coefficient (Wildman–Crippen LogP) is 5.39. The number of thioether (sulfide) groups is 1. The molecule has 2 amide bonds. The molecule has 0 N–H and O–H groups in total. The van der Waals surface area contributed by atoms with Crippen molar-refractivity contribution in [2.24, 2.45) is 0 Å². The number of amides is 2. The first-order chi connectivity index (χ1) is 14.2. The molecule has 0 saturated carbocycles. The minimum atomic E-state index is -0.433. The minimum Gasteiger partial charge on any atom is -0.274 e. The van der Waals surface area contributed by atoms with Crippen LogP contribution in [0.4, 0.5) is 5.69 Å². The molecule has 0 unspecified atom stereocenters. The van der Waals surface area contributed by atoms with E-state index >= 15 is 0 Å². The molecule has 2 heterocycles. The number of carbonyl (C=O) groups excluding carboxylic acids is 2. The molecule has 0 aliphatic carbocycles. The van der Waals surface area contributed by atoms with E-state index in [9.17, 15) is 9.59 Å². The van der Waals surface area contributed by atoms with Gasteiger partial charge in [0.25, 0.3) is 0 Å². The zero-order valence-electron chi connectivity index (χ0n) is 15.3. The summed E-state index contributed by atoms with van der Waals surface area (Å²) in [6, 6.07) is 25.5. The third-order valence-corrected chi connectivity index (χ3v) is 7.17. The van der Waals surface area contributed by atoms with Crippen LogP contribution in [0.3, 0.4) is 0 Å². The number of aromatic nitrogens is 1. The van der Waals surface area contributed by atoms with Crippen LogP contribution in [0.25, 0.3) is 21.3 Å². The van der Waals surface area contributed by atoms with Gasteiger partial charge in [-0.2, -0.15) is 0 Å². The normalized spacial score (nSPS) is 16.7. The number of rotatable bonds is 4. The summed E-state index contributed by atoms with van der Waals surface area (Å²) in [6.07, 6.45) is 0.194. The van der Waals surface area contributed by atoms with E-state index in [0.29, 0.717) is 5.69 Å². The third-order valence-electron chi connectivity index (χ3n) is 4.86. The number of thiazole rings is 1. The number of benzene rings is 3. The summed E-state index contributed by atoms with van der Waals surface area (Å²) >= 11 is 2.94. The Morgan fingerprint density at radius 2 is 1.55 bits per heavy atom. The van der Waals surface area contributed by atoms with Gasteiger partial charge in [0, 0.05) is 6.42 Å². The van der Waals surface area contributed by atoms with E-state index in [0.717, 1.165) is 25.7 Å². The van der Waals surface area contributed by atoms with Crippen molar-refractivity contribution in [1.29, 1.82) is 0 Å². The first kappa shape index (κ1) is 18.1. The van der Waals surface area contributed by atoms with Gasteiger partial charge >= 0.3 is 0 Å². The maximum atomic E-state index is 13.0. The van der Waals surface area contributed by atoms with Crippen LogP contribution >= 0.6 is 23.1 Å². The van der Waals surface area contributed by atoms with Crippen LogP contribution in [0.5, 0.6) is 0 Å². The van der Waals surface area contributed by atoms with Crippen LogP contribution < -0.4 is 4.90 Å². The van der Waals surface area contributed by atoms with Crippen molar-refractivity contribution in [2.75, 3.05) is 4.90 Å². The second-order valence-electron chi connectivity index (χ2n) is 6.74. The predicted molar refractivity (Wildman–Crippen MR) is 118 cm³/mol. The molecular weight excluding hydrogens is 400 g/mol. The smallest absolute Gasteiger partial charge is 0.247 e. The molecule has 5 rings (SSSR count). The Labute approximate surface area is 176 Å². The Bertz CT molecular complexity index is 1170. The largest absolute Gasteiger partial charge is 0.274 e. The number of imide groups is 1. The summed E-state index contributed by atoms with van der Waals surface area (Å²) in [4.78, 5) is 31.4. The van der Waals surface area contributed by atoms with E-state index in [-0.39, 0.29) is 18.2 Å². The zero-order chi connectivity index (χ0) is 19.8. The molecular formula is C23H16N2O2S2. The highest BCUT2D eigenvalue weighted by molar-refractivity contribution is 8.02. The van der Waals surface area contributed by atoms with Gasteiger partial charge in [-0.3, -0.25) is 9.59 Å². The summed E-state index contributed by atoms with van der Waals surface area (Å²) in [5.74, 6) is -0.340. The van der Waals surface area contributed by atoms with Crippen molar-refractivity contribution < 1.29 is 9.59 Å². The maximum Gasteiger partial charge on any atom is 0.247 e. The summed E-state index contributed by atoms with van der Waals surface area (Å²) < 4.78 is 1.90. The lowest BCUT2D eigenvalue weighted by molar-refractivity contribution is -0.121. The molecule has 4 aromatic rings.